The van der Waals surface area contributed by atoms with Crippen LogP contribution in [0, 0.1) is 5.82 Å². The molecule has 7 heteroatoms. The summed E-state index contributed by atoms with van der Waals surface area (Å²) in [5, 5.41) is 0. The minimum absolute atomic E-state index is 0.0769. The van der Waals surface area contributed by atoms with Crippen LogP contribution in [0.15, 0.2) is 48.5 Å². The zero-order chi connectivity index (χ0) is 24.8. The van der Waals surface area contributed by atoms with Gasteiger partial charge in [-0.05, 0) is 49.9 Å². The molecule has 1 atom stereocenters. The first-order valence-corrected chi connectivity index (χ1v) is 12.9. The van der Waals surface area contributed by atoms with Crippen LogP contribution >= 0.6 is 0 Å². The van der Waals surface area contributed by atoms with Gasteiger partial charge in [0.05, 0.1) is 12.1 Å². The minimum atomic E-state index is -0.331. The first-order chi connectivity index (χ1) is 17.0. The van der Waals surface area contributed by atoms with E-state index < -0.39 is 0 Å². The van der Waals surface area contributed by atoms with Gasteiger partial charge in [-0.3, -0.25) is 14.5 Å². The van der Waals surface area contributed by atoms with Gasteiger partial charge in [0.2, 0.25) is 11.8 Å². The average Bonchev–Trinajstić information content (AvgIpc) is 3.42. The quantitative estimate of drug-likeness (QED) is 0.578. The number of piperazine rings is 1. The van der Waals surface area contributed by atoms with Gasteiger partial charge in [0.1, 0.15) is 11.9 Å². The predicted octanol–water partition coefficient (Wildman–Crippen LogP) is 3.72. The molecule has 2 saturated heterocycles. The number of benzene rings is 2. The van der Waals surface area contributed by atoms with Crippen molar-refractivity contribution in [2.24, 2.45) is 0 Å². The summed E-state index contributed by atoms with van der Waals surface area (Å²) in [5.74, 6) is -0.0926. The van der Waals surface area contributed by atoms with Crippen molar-refractivity contribution in [3.63, 3.8) is 0 Å². The minimum Gasteiger partial charge on any atom is -0.367 e. The van der Waals surface area contributed by atoms with Gasteiger partial charge in [0.25, 0.3) is 0 Å². The summed E-state index contributed by atoms with van der Waals surface area (Å²) in [6, 6.07) is 14.8. The number of halogens is 1. The van der Waals surface area contributed by atoms with Crippen LogP contribution in [-0.2, 0) is 16.0 Å². The molecular formula is C28H37FN4O2. The maximum Gasteiger partial charge on any atom is 0.244 e. The molecule has 0 radical (unpaired) electrons. The molecule has 0 aliphatic carbocycles. The number of rotatable bonds is 8. The summed E-state index contributed by atoms with van der Waals surface area (Å²) >= 11 is 0. The fourth-order valence-corrected chi connectivity index (χ4v) is 5.24. The van der Waals surface area contributed by atoms with Crippen LogP contribution in [0.4, 0.5) is 10.1 Å². The Hall–Kier alpha value is -2.93. The highest BCUT2D eigenvalue weighted by atomic mass is 19.1. The molecule has 2 aromatic carbocycles. The third-order valence-corrected chi connectivity index (χ3v) is 7.27. The van der Waals surface area contributed by atoms with Crippen molar-refractivity contribution in [3.8, 4) is 0 Å². The second-order valence-corrected chi connectivity index (χ2v) is 9.40. The molecule has 0 bridgehead atoms. The summed E-state index contributed by atoms with van der Waals surface area (Å²) < 4.78 is 15.1. The van der Waals surface area contributed by atoms with Gasteiger partial charge < -0.3 is 14.7 Å². The Morgan fingerprint density at radius 2 is 1.57 bits per heavy atom. The molecule has 0 saturated carbocycles. The van der Waals surface area contributed by atoms with Crippen molar-refractivity contribution >= 4 is 17.5 Å². The van der Waals surface area contributed by atoms with E-state index >= 15 is 4.39 Å². The standard InChI is InChI=1S/C28H37FN4O2/c1-3-30(4-2)28(35)27(23-10-6-5-7-11-23)33-18-16-31(17-19-33)25-13-12-22(20-24(25)29)21-26(34)32-14-8-9-15-32/h5-7,10-13,20,27H,3-4,8-9,14-19,21H2,1-2H3. The molecule has 2 aliphatic heterocycles. The Kier molecular flexibility index (Phi) is 8.39. The van der Waals surface area contributed by atoms with E-state index in [9.17, 15) is 9.59 Å². The van der Waals surface area contributed by atoms with Crippen molar-refractivity contribution in [2.45, 2.75) is 39.2 Å². The Morgan fingerprint density at radius 1 is 0.914 bits per heavy atom. The summed E-state index contributed by atoms with van der Waals surface area (Å²) in [5.41, 5.74) is 2.28. The van der Waals surface area contributed by atoms with Crippen LogP contribution in [0.5, 0.6) is 0 Å². The van der Waals surface area contributed by atoms with Crippen LogP contribution in [0.1, 0.15) is 43.9 Å². The molecule has 2 fully saturated rings. The van der Waals surface area contributed by atoms with Crippen LogP contribution in [0.2, 0.25) is 0 Å². The molecule has 1 unspecified atom stereocenters. The fraction of sp³-hybridized carbons (Fsp3) is 0.500. The average molecular weight is 481 g/mol. The van der Waals surface area contributed by atoms with E-state index in [0.29, 0.717) is 45.0 Å². The SMILES string of the molecule is CCN(CC)C(=O)C(c1ccccc1)N1CCN(c2ccc(CC(=O)N3CCCC3)cc2F)CC1. The van der Waals surface area contributed by atoms with E-state index in [4.69, 9.17) is 0 Å². The molecule has 4 rings (SSSR count). The van der Waals surface area contributed by atoms with Gasteiger partial charge in [-0.2, -0.15) is 0 Å². The van der Waals surface area contributed by atoms with Crippen molar-refractivity contribution < 1.29 is 14.0 Å². The number of hydrogen-bond acceptors (Lipinski definition) is 4. The molecule has 2 aromatic rings. The molecule has 0 aromatic heterocycles. The maximum atomic E-state index is 15.1. The summed E-state index contributed by atoms with van der Waals surface area (Å²) in [6.45, 7) is 9.60. The van der Waals surface area contributed by atoms with Crippen LogP contribution in [-0.4, -0.2) is 78.9 Å². The second kappa shape index (κ2) is 11.7. The summed E-state index contributed by atoms with van der Waals surface area (Å²) in [7, 11) is 0. The molecule has 188 valence electrons. The molecule has 0 N–H and O–H groups in total. The number of carbonyl (C=O) groups excluding carboxylic acids is 2. The highest BCUT2D eigenvalue weighted by Crippen LogP contribution is 2.28. The Balaban J connectivity index is 1.43. The lowest BCUT2D eigenvalue weighted by atomic mass is 10.0. The summed E-state index contributed by atoms with van der Waals surface area (Å²) in [4.78, 5) is 33.9. The van der Waals surface area contributed by atoms with E-state index in [1.807, 2.05) is 64.9 Å². The molecule has 0 spiro atoms. The van der Waals surface area contributed by atoms with Gasteiger partial charge in [-0.1, -0.05) is 36.4 Å². The number of carbonyl (C=O) groups is 2. The van der Waals surface area contributed by atoms with Gasteiger partial charge in [0.15, 0.2) is 0 Å². The van der Waals surface area contributed by atoms with Gasteiger partial charge in [0, 0.05) is 52.4 Å². The maximum absolute atomic E-state index is 15.1. The van der Waals surface area contributed by atoms with Crippen LogP contribution in [0.3, 0.4) is 0 Å². The largest absolute Gasteiger partial charge is 0.367 e. The van der Waals surface area contributed by atoms with E-state index in [0.717, 1.165) is 37.1 Å². The van der Waals surface area contributed by atoms with Crippen molar-refractivity contribution in [2.75, 3.05) is 57.3 Å². The fourth-order valence-electron chi connectivity index (χ4n) is 5.24. The number of amides is 2. The van der Waals surface area contributed by atoms with Gasteiger partial charge in [-0.25, -0.2) is 4.39 Å². The zero-order valence-electron chi connectivity index (χ0n) is 21.0. The highest BCUT2D eigenvalue weighted by molar-refractivity contribution is 5.83. The molecular weight excluding hydrogens is 443 g/mol. The van der Waals surface area contributed by atoms with E-state index in [1.165, 1.54) is 6.07 Å². The number of anilines is 1. The first kappa shape index (κ1) is 25.2. The van der Waals surface area contributed by atoms with E-state index in [2.05, 4.69) is 4.90 Å². The van der Waals surface area contributed by atoms with Gasteiger partial charge >= 0.3 is 0 Å². The monoisotopic (exact) mass is 480 g/mol. The number of likely N-dealkylation sites (tertiary alicyclic amines) is 1. The molecule has 35 heavy (non-hydrogen) atoms. The Labute approximate surface area is 208 Å². The molecule has 2 amide bonds. The van der Waals surface area contributed by atoms with E-state index in [-0.39, 0.29) is 30.1 Å². The molecule has 2 aliphatic rings. The smallest absolute Gasteiger partial charge is 0.244 e. The molecule has 2 heterocycles. The molecule has 6 nitrogen and oxygen atoms in total. The lowest BCUT2D eigenvalue weighted by Crippen LogP contribution is -2.52. The Bertz CT molecular complexity index is 997. The number of nitrogens with zero attached hydrogens (tertiary/aromatic N) is 4. The Morgan fingerprint density at radius 3 is 2.17 bits per heavy atom. The van der Waals surface area contributed by atoms with Crippen LogP contribution in [0.25, 0.3) is 0 Å². The second-order valence-electron chi connectivity index (χ2n) is 9.40. The third-order valence-electron chi connectivity index (χ3n) is 7.27. The highest BCUT2D eigenvalue weighted by Gasteiger charge is 2.33. The van der Waals surface area contributed by atoms with E-state index in [1.54, 1.807) is 6.07 Å². The first-order valence-electron chi connectivity index (χ1n) is 12.9. The lowest BCUT2D eigenvalue weighted by molar-refractivity contribution is -0.137. The normalized spacial score (nSPS) is 17.5. The topological polar surface area (TPSA) is 47.1 Å². The lowest BCUT2D eigenvalue weighted by Gasteiger charge is -2.41. The number of likely N-dealkylation sites (N-methyl/N-ethyl adjacent to an activating group) is 1. The zero-order valence-corrected chi connectivity index (χ0v) is 21.0. The summed E-state index contributed by atoms with van der Waals surface area (Å²) in [6.07, 6.45) is 2.35. The third kappa shape index (κ3) is 5.84. The van der Waals surface area contributed by atoms with Crippen molar-refractivity contribution in [1.82, 2.24) is 14.7 Å². The predicted molar refractivity (Wildman–Crippen MR) is 137 cm³/mol. The van der Waals surface area contributed by atoms with Crippen molar-refractivity contribution in [3.05, 3.63) is 65.5 Å². The van der Waals surface area contributed by atoms with Gasteiger partial charge in [-0.15, -0.1) is 0 Å². The number of hydrogen-bond donors (Lipinski definition) is 0. The van der Waals surface area contributed by atoms with Crippen LogP contribution < -0.4 is 4.90 Å². The van der Waals surface area contributed by atoms with Crippen molar-refractivity contribution in [1.29, 1.82) is 0 Å².